The van der Waals surface area contributed by atoms with Crippen molar-refractivity contribution in [3.63, 3.8) is 0 Å². The molecule has 104 valence electrons. The van der Waals surface area contributed by atoms with E-state index in [0.717, 1.165) is 0 Å². The van der Waals surface area contributed by atoms with Crippen molar-refractivity contribution in [2.45, 2.75) is 19.4 Å². The fraction of sp³-hybridized carbons (Fsp3) is 0.357. The van der Waals surface area contributed by atoms with Gasteiger partial charge in [0.25, 0.3) is 0 Å². The van der Waals surface area contributed by atoms with E-state index in [1.807, 2.05) is 6.07 Å². The Morgan fingerprint density at radius 3 is 2.85 bits per heavy atom. The minimum atomic E-state index is -0.876. The van der Waals surface area contributed by atoms with Gasteiger partial charge in [-0.2, -0.15) is 5.26 Å². The van der Waals surface area contributed by atoms with Gasteiger partial charge in [0.05, 0.1) is 17.6 Å². The molecule has 1 aliphatic heterocycles. The molecule has 1 aliphatic rings. The van der Waals surface area contributed by atoms with Gasteiger partial charge in [-0.3, -0.25) is 4.79 Å². The molecule has 0 aromatic heterocycles. The molecular formula is C14H15N3O3. The number of anilines is 1. The van der Waals surface area contributed by atoms with Crippen LogP contribution < -0.4 is 5.32 Å². The fourth-order valence-corrected chi connectivity index (χ4v) is 2.42. The maximum absolute atomic E-state index is 12.1. The van der Waals surface area contributed by atoms with Crippen LogP contribution in [-0.2, 0) is 4.79 Å². The van der Waals surface area contributed by atoms with Gasteiger partial charge in [-0.05, 0) is 31.5 Å². The molecule has 2 N–H and O–H groups in total. The summed E-state index contributed by atoms with van der Waals surface area (Å²) in [4.78, 5) is 24.7. The second-order valence-electron chi connectivity index (χ2n) is 4.79. The molecule has 1 fully saturated rings. The van der Waals surface area contributed by atoms with E-state index in [4.69, 9.17) is 10.4 Å². The van der Waals surface area contributed by atoms with Crippen molar-refractivity contribution in [1.82, 2.24) is 4.90 Å². The van der Waals surface area contributed by atoms with Crippen molar-refractivity contribution in [2.75, 3.05) is 11.9 Å². The lowest BCUT2D eigenvalue weighted by atomic mass is 10.0. The molecule has 20 heavy (non-hydrogen) atoms. The van der Waals surface area contributed by atoms with Crippen molar-refractivity contribution in [3.05, 3.63) is 29.8 Å². The summed E-state index contributed by atoms with van der Waals surface area (Å²) in [5.74, 6) is -1.40. The molecule has 1 aromatic carbocycles. The highest BCUT2D eigenvalue weighted by Crippen LogP contribution is 2.25. The molecule has 0 spiro atoms. The Bertz CT molecular complexity index is 579. The second-order valence-corrected chi connectivity index (χ2v) is 4.79. The zero-order valence-corrected chi connectivity index (χ0v) is 11.0. The highest BCUT2D eigenvalue weighted by atomic mass is 16.4. The van der Waals surface area contributed by atoms with Gasteiger partial charge >= 0.3 is 12.0 Å². The number of aliphatic carboxylic acids is 1. The lowest BCUT2D eigenvalue weighted by Crippen LogP contribution is -2.40. The summed E-state index contributed by atoms with van der Waals surface area (Å²) in [6, 6.07) is 7.92. The molecule has 2 unspecified atom stereocenters. The zero-order valence-electron chi connectivity index (χ0n) is 11.0. The topological polar surface area (TPSA) is 93.4 Å². The number of amides is 2. The van der Waals surface area contributed by atoms with Crippen LogP contribution in [0.25, 0.3) is 0 Å². The molecule has 1 aromatic rings. The summed E-state index contributed by atoms with van der Waals surface area (Å²) in [5.41, 5.74) is 0.987. The number of hydrogen-bond donors (Lipinski definition) is 2. The second kappa shape index (κ2) is 5.61. The lowest BCUT2D eigenvalue weighted by molar-refractivity contribution is -0.142. The Morgan fingerprint density at radius 2 is 2.25 bits per heavy atom. The number of nitrogens with one attached hydrogen (secondary N) is 1. The molecule has 0 bridgehead atoms. The summed E-state index contributed by atoms with van der Waals surface area (Å²) in [6.45, 7) is 2.15. The SMILES string of the molecule is CC1C(C(=O)O)CCN1C(=O)Nc1cccc(C#N)c1. The number of carboxylic acid groups (broad SMARTS) is 1. The molecule has 1 saturated heterocycles. The van der Waals surface area contributed by atoms with Crippen molar-refractivity contribution in [2.24, 2.45) is 5.92 Å². The van der Waals surface area contributed by atoms with Crippen LogP contribution in [0.5, 0.6) is 0 Å². The smallest absolute Gasteiger partial charge is 0.322 e. The first kappa shape index (κ1) is 13.9. The van der Waals surface area contributed by atoms with E-state index < -0.39 is 11.9 Å². The van der Waals surface area contributed by atoms with E-state index in [0.29, 0.717) is 24.2 Å². The highest BCUT2D eigenvalue weighted by molar-refractivity contribution is 5.90. The molecule has 1 heterocycles. The van der Waals surface area contributed by atoms with Gasteiger partial charge in [-0.1, -0.05) is 6.07 Å². The van der Waals surface area contributed by atoms with Gasteiger partial charge in [0, 0.05) is 18.3 Å². The van der Waals surface area contributed by atoms with Crippen LogP contribution in [0.2, 0.25) is 0 Å². The minimum Gasteiger partial charge on any atom is -0.481 e. The number of benzene rings is 1. The average Bonchev–Trinajstić information content (AvgIpc) is 2.81. The Balaban J connectivity index is 2.06. The van der Waals surface area contributed by atoms with E-state index in [1.165, 1.54) is 4.90 Å². The number of nitrogens with zero attached hydrogens (tertiary/aromatic N) is 2. The molecule has 6 nitrogen and oxygen atoms in total. The molecular weight excluding hydrogens is 258 g/mol. The Hall–Kier alpha value is -2.55. The van der Waals surface area contributed by atoms with E-state index in [2.05, 4.69) is 5.32 Å². The standard InChI is InChI=1S/C14H15N3O3/c1-9-12(13(18)19)5-6-17(9)14(20)16-11-4-2-3-10(7-11)8-15/h2-4,7,9,12H,5-6H2,1H3,(H,16,20)(H,18,19). The highest BCUT2D eigenvalue weighted by Gasteiger charge is 2.38. The van der Waals surface area contributed by atoms with Gasteiger partial charge in [-0.15, -0.1) is 0 Å². The minimum absolute atomic E-state index is 0.337. The normalized spacial score (nSPS) is 21.3. The quantitative estimate of drug-likeness (QED) is 0.860. The Kier molecular flexibility index (Phi) is 3.89. The number of carboxylic acids is 1. The van der Waals surface area contributed by atoms with Gasteiger partial charge < -0.3 is 15.3 Å². The number of nitriles is 1. The van der Waals surface area contributed by atoms with Gasteiger partial charge in [0.15, 0.2) is 0 Å². The molecule has 0 radical (unpaired) electrons. The Labute approximate surface area is 116 Å². The number of likely N-dealkylation sites (tertiary alicyclic amines) is 1. The van der Waals surface area contributed by atoms with Gasteiger partial charge in [0.1, 0.15) is 0 Å². The third-order valence-electron chi connectivity index (χ3n) is 3.58. The predicted molar refractivity (Wildman–Crippen MR) is 72.1 cm³/mol. The maximum Gasteiger partial charge on any atom is 0.322 e. The molecule has 2 rings (SSSR count). The number of carbonyl (C=O) groups is 2. The zero-order chi connectivity index (χ0) is 14.7. The third-order valence-corrected chi connectivity index (χ3v) is 3.58. The van der Waals surface area contributed by atoms with Crippen LogP contribution >= 0.6 is 0 Å². The molecule has 0 aliphatic carbocycles. The van der Waals surface area contributed by atoms with Crippen molar-refractivity contribution in [1.29, 1.82) is 5.26 Å². The largest absolute Gasteiger partial charge is 0.481 e. The monoisotopic (exact) mass is 273 g/mol. The van der Waals surface area contributed by atoms with E-state index in [-0.39, 0.29) is 12.1 Å². The number of hydrogen-bond acceptors (Lipinski definition) is 3. The summed E-state index contributed by atoms with van der Waals surface area (Å²) in [7, 11) is 0. The Morgan fingerprint density at radius 1 is 1.50 bits per heavy atom. The van der Waals surface area contributed by atoms with Crippen molar-refractivity contribution in [3.8, 4) is 6.07 Å². The maximum atomic E-state index is 12.1. The summed E-state index contributed by atoms with van der Waals surface area (Å²) in [5, 5.41) is 20.5. The van der Waals surface area contributed by atoms with Crippen LogP contribution in [0.15, 0.2) is 24.3 Å². The van der Waals surface area contributed by atoms with E-state index >= 15 is 0 Å². The van der Waals surface area contributed by atoms with Crippen molar-refractivity contribution < 1.29 is 14.7 Å². The first-order chi connectivity index (χ1) is 9.52. The van der Waals surface area contributed by atoms with Crippen LogP contribution in [0.4, 0.5) is 10.5 Å². The van der Waals surface area contributed by atoms with E-state index in [1.54, 1.807) is 31.2 Å². The predicted octanol–water partition coefficient (Wildman–Crippen LogP) is 1.89. The van der Waals surface area contributed by atoms with Crippen molar-refractivity contribution >= 4 is 17.7 Å². The lowest BCUT2D eigenvalue weighted by Gasteiger charge is -2.23. The molecule has 6 heteroatoms. The van der Waals surface area contributed by atoms with Crippen LogP contribution in [0, 0.1) is 17.2 Å². The number of carbonyl (C=O) groups excluding carboxylic acids is 1. The van der Waals surface area contributed by atoms with Gasteiger partial charge in [0.2, 0.25) is 0 Å². The molecule has 0 saturated carbocycles. The fourth-order valence-electron chi connectivity index (χ4n) is 2.42. The third kappa shape index (κ3) is 2.72. The molecule has 2 amide bonds. The van der Waals surface area contributed by atoms with Crippen LogP contribution in [0.1, 0.15) is 18.9 Å². The van der Waals surface area contributed by atoms with Gasteiger partial charge in [-0.25, -0.2) is 4.79 Å². The van der Waals surface area contributed by atoms with Crippen LogP contribution in [-0.4, -0.2) is 34.6 Å². The van der Waals surface area contributed by atoms with Crippen LogP contribution in [0.3, 0.4) is 0 Å². The average molecular weight is 273 g/mol. The number of urea groups is 1. The first-order valence-electron chi connectivity index (χ1n) is 6.33. The van der Waals surface area contributed by atoms with E-state index in [9.17, 15) is 9.59 Å². The molecule has 2 atom stereocenters. The summed E-state index contributed by atoms with van der Waals surface area (Å²) >= 11 is 0. The summed E-state index contributed by atoms with van der Waals surface area (Å²) < 4.78 is 0. The first-order valence-corrected chi connectivity index (χ1v) is 6.33. The summed E-state index contributed by atoms with van der Waals surface area (Å²) in [6.07, 6.45) is 0.460. The number of rotatable bonds is 2.